The van der Waals surface area contributed by atoms with Gasteiger partial charge in [0.1, 0.15) is 0 Å². The Bertz CT molecular complexity index is 101. The average Bonchev–Trinajstić information content (AvgIpc) is 2.10. The molecule has 13 heavy (non-hydrogen) atoms. The van der Waals surface area contributed by atoms with Crippen molar-refractivity contribution in [1.82, 2.24) is 0 Å². The SMILES string of the molecule is CC.CC.CCOC(=O)C(C)(C)C. The number of hydrogen-bond acceptors (Lipinski definition) is 2. The van der Waals surface area contributed by atoms with Gasteiger partial charge in [0.05, 0.1) is 12.0 Å². The van der Waals surface area contributed by atoms with Gasteiger partial charge in [0.25, 0.3) is 0 Å². The van der Waals surface area contributed by atoms with Gasteiger partial charge in [-0.05, 0) is 27.7 Å². The first kappa shape index (κ1) is 18.3. The quantitative estimate of drug-likeness (QED) is 0.590. The summed E-state index contributed by atoms with van der Waals surface area (Å²) >= 11 is 0. The molecule has 0 radical (unpaired) electrons. The van der Waals surface area contributed by atoms with E-state index in [4.69, 9.17) is 4.74 Å². The standard InChI is InChI=1S/C7H14O2.2C2H6/c1-5-9-6(8)7(2,3)4;2*1-2/h5H2,1-4H3;2*1-2H3. The van der Waals surface area contributed by atoms with Gasteiger partial charge in [0, 0.05) is 0 Å². The fraction of sp³-hybridized carbons (Fsp3) is 0.909. The number of ether oxygens (including phenoxy) is 1. The van der Waals surface area contributed by atoms with Crippen molar-refractivity contribution >= 4 is 5.97 Å². The van der Waals surface area contributed by atoms with Crippen LogP contribution < -0.4 is 0 Å². The molecule has 2 heteroatoms. The summed E-state index contributed by atoms with van der Waals surface area (Å²) in [6.07, 6.45) is 0. The highest BCUT2D eigenvalue weighted by atomic mass is 16.5. The molecule has 0 amide bonds. The van der Waals surface area contributed by atoms with Gasteiger partial charge >= 0.3 is 5.97 Å². The lowest BCUT2D eigenvalue weighted by Crippen LogP contribution is -2.22. The van der Waals surface area contributed by atoms with Crippen molar-refractivity contribution in [2.24, 2.45) is 5.41 Å². The van der Waals surface area contributed by atoms with E-state index in [0.717, 1.165) is 0 Å². The van der Waals surface area contributed by atoms with E-state index in [0.29, 0.717) is 6.61 Å². The molecule has 0 saturated carbocycles. The van der Waals surface area contributed by atoms with Crippen LogP contribution >= 0.6 is 0 Å². The molecule has 0 aromatic rings. The van der Waals surface area contributed by atoms with Crippen LogP contribution in [0.3, 0.4) is 0 Å². The monoisotopic (exact) mass is 190 g/mol. The number of carbonyl (C=O) groups excluding carboxylic acids is 1. The van der Waals surface area contributed by atoms with E-state index in [-0.39, 0.29) is 11.4 Å². The minimum absolute atomic E-state index is 0.134. The lowest BCUT2D eigenvalue weighted by Gasteiger charge is -2.14. The molecule has 0 fully saturated rings. The molecule has 82 valence electrons. The Balaban J connectivity index is -0.000000218. The molecule has 0 aromatic heterocycles. The molecule has 0 bridgehead atoms. The normalized spacial score (nSPS) is 8.62. The van der Waals surface area contributed by atoms with Crippen molar-refractivity contribution in [3.63, 3.8) is 0 Å². The van der Waals surface area contributed by atoms with Crippen LogP contribution in [0.2, 0.25) is 0 Å². The van der Waals surface area contributed by atoms with Gasteiger partial charge in [-0.25, -0.2) is 0 Å². The van der Waals surface area contributed by atoms with E-state index in [2.05, 4.69) is 0 Å². The lowest BCUT2D eigenvalue weighted by atomic mass is 9.97. The fourth-order valence-electron chi connectivity index (χ4n) is 0.348. The van der Waals surface area contributed by atoms with Gasteiger partial charge < -0.3 is 4.74 Å². The molecule has 0 aliphatic carbocycles. The molecule has 0 aromatic carbocycles. The summed E-state index contributed by atoms with van der Waals surface area (Å²) in [6.45, 7) is 15.8. The molecule has 0 aliphatic heterocycles. The van der Waals surface area contributed by atoms with E-state index in [1.807, 2.05) is 55.4 Å². The topological polar surface area (TPSA) is 26.3 Å². The van der Waals surface area contributed by atoms with Crippen LogP contribution in [-0.4, -0.2) is 12.6 Å². The Morgan fingerprint density at radius 1 is 1.08 bits per heavy atom. The highest BCUT2D eigenvalue weighted by molar-refractivity contribution is 5.75. The summed E-state index contributed by atoms with van der Waals surface area (Å²) in [5.41, 5.74) is -0.351. The molecule has 0 unspecified atom stereocenters. The van der Waals surface area contributed by atoms with Crippen molar-refractivity contribution in [2.45, 2.75) is 55.4 Å². The maximum absolute atomic E-state index is 10.8. The smallest absolute Gasteiger partial charge is 0.311 e. The Kier molecular flexibility index (Phi) is 16.1. The van der Waals surface area contributed by atoms with Crippen LogP contribution in [-0.2, 0) is 9.53 Å². The second-order valence-electron chi connectivity index (χ2n) is 2.97. The molecule has 0 aliphatic rings. The predicted octanol–water partition coefficient (Wildman–Crippen LogP) is 3.65. The van der Waals surface area contributed by atoms with E-state index in [1.165, 1.54) is 0 Å². The molecule has 0 N–H and O–H groups in total. The second-order valence-corrected chi connectivity index (χ2v) is 2.97. The maximum atomic E-state index is 10.8. The van der Waals surface area contributed by atoms with Crippen LogP contribution in [0.5, 0.6) is 0 Å². The minimum atomic E-state index is -0.351. The van der Waals surface area contributed by atoms with E-state index in [9.17, 15) is 4.79 Å². The summed E-state index contributed by atoms with van der Waals surface area (Å²) in [7, 11) is 0. The Morgan fingerprint density at radius 2 is 1.38 bits per heavy atom. The number of esters is 1. The molecule has 0 atom stereocenters. The first-order valence-corrected chi connectivity index (χ1v) is 5.15. The molecular weight excluding hydrogens is 164 g/mol. The zero-order chi connectivity index (χ0) is 11.5. The van der Waals surface area contributed by atoms with Crippen molar-refractivity contribution in [2.75, 3.05) is 6.61 Å². The largest absolute Gasteiger partial charge is 0.466 e. The molecule has 2 nitrogen and oxygen atoms in total. The summed E-state index contributed by atoms with van der Waals surface area (Å²) in [6, 6.07) is 0. The molecule has 0 saturated heterocycles. The van der Waals surface area contributed by atoms with Crippen molar-refractivity contribution < 1.29 is 9.53 Å². The molecule has 0 heterocycles. The van der Waals surface area contributed by atoms with Gasteiger partial charge in [-0.15, -0.1) is 0 Å². The van der Waals surface area contributed by atoms with Crippen molar-refractivity contribution in [1.29, 1.82) is 0 Å². The third-order valence-corrected chi connectivity index (χ3v) is 0.888. The zero-order valence-corrected chi connectivity index (χ0v) is 10.5. The Morgan fingerprint density at radius 3 is 1.46 bits per heavy atom. The Hall–Kier alpha value is -0.530. The summed E-state index contributed by atoms with van der Waals surface area (Å²) < 4.78 is 4.77. The van der Waals surface area contributed by atoms with Crippen LogP contribution in [0.15, 0.2) is 0 Å². The van der Waals surface area contributed by atoms with Gasteiger partial charge in [0.2, 0.25) is 0 Å². The third kappa shape index (κ3) is 14.3. The highest BCUT2D eigenvalue weighted by Gasteiger charge is 2.21. The average molecular weight is 190 g/mol. The zero-order valence-electron chi connectivity index (χ0n) is 10.5. The minimum Gasteiger partial charge on any atom is -0.466 e. The third-order valence-electron chi connectivity index (χ3n) is 0.888. The van der Waals surface area contributed by atoms with Crippen molar-refractivity contribution in [3.8, 4) is 0 Å². The number of rotatable bonds is 1. The summed E-state index contributed by atoms with van der Waals surface area (Å²) in [4.78, 5) is 10.8. The van der Waals surface area contributed by atoms with Crippen LogP contribution in [0.1, 0.15) is 55.4 Å². The van der Waals surface area contributed by atoms with Crippen LogP contribution in [0.25, 0.3) is 0 Å². The molecular formula is C11H26O2. The maximum Gasteiger partial charge on any atom is 0.311 e. The van der Waals surface area contributed by atoms with Crippen molar-refractivity contribution in [3.05, 3.63) is 0 Å². The first-order valence-electron chi connectivity index (χ1n) is 5.15. The van der Waals surface area contributed by atoms with Gasteiger partial charge in [-0.3, -0.25) is 4.79 Å². The van der Waals surface area contributed by atoms with Gasteiger partial charge in [-0.1, -0.05) is 27.7 Å². The fourth-order valence-corrected chi connectivity index (χ4v) is 0.348. The van der Waals surface area contributed by atoms with E-state index < -0.39 is 0 Å². The second kappa shape index (κ2) is 11.5. The Labute approximate surface area is 83.7 Å². The van der Waals surface area contributed by atoms with Crippen LogP contribution in [0.4, 0.5) is 0 Å². The number of hydrogen-bond donors (Lipinski definition) is 0. The number of carbonyl (C=O) groups is 1. The molecule has 0 spiro atoms. The van der Waals surface area contributed by atoms with Gasteiger partial charge in [0.15, 0.2) is 0 Å². The van der Waals surface area contributed by atoms with E-state index >= 15 is 0 Å². The predicted molar refractivity (Wildman–Crippen MR) is 58.8 cm³/mol. The molecule has 0 rings (SSSR count). The first-order chi connectivity index (χ1) is 5.98. The summed E-state index contributed by atoms with van der Waals surface area (Å²) in [5.74, 6) is -0.134. The van der Waals surface area contributed by atoms with Gasteiger partial charge in [-0.2, -0.15) is 0 Å². The lowest BCUT2D eigenvalue weighted by molar-refractivity contribution is -0.152. The summed E-state index contributed by atoms with van der Waals surface area (Å²) in [5, 5.41) is 0. The van der Waals surface area contributed by atoms with Crippen LogP contribution in [0, 0.1) is 5.41 Å². The highest BCUT2D eigenvalue weighted by Crippen LogP contribution is 2.14. The van der Waals surface area contributed by atoms with E-state index in [1.54, 1.807) is 0 Å².